The lowest BCUT2D eigenvalue weighted by atomic mass is 10.1. The van der Waals surface area contributed by atoms with Crippen molar-refractivity contribution in [2.45, 2.75) is 6.54 Å². The normalized spacial score (nSPS) is 15.9. The first-order valence-electron chi connectivity index (χ1n) is 9.64. The predicted octanol–water partition coefficient (Wildman–Crippen LogP) is 1.83. The molecule has 0 bridgehead atoms. The van der Waals surface area contributed by atoms with Crippen molar-refractivity contribution in [1.82, 2.24) is 39.7 Å². The third-order valence-electron chi connectivity index (χ3n) is 5.35. The van der Waals surface area contributed by atoms with Crippen LogP contribution in [0.25, 0.3) is 34.0 Å². The lowest BCUT2D eigenvalue weighted by Crippen LogP contribution is -2.43. The van der Waals surface area contributed by atoms with Crippen LogP contribution in [0.2, 0.25) is 0 Å². The first-order valence-corrected chi connectivity index (χ1v) is 9.64. The summed E-state index contributed by atoms with van der Waals surface area (Å²) in [5.74, 6) is 0.917. The van der Waals surface area contributed by atoms with Gasteiger partial charge in [0.1, 0.15) is 12.0 Å². The zero-order chi connectivity index (χ0) is 19.8. The second-order valence-corrected chi connectivity index (χ2v) is 7.43. The highest BCUT2D eigenvalue weighted by Gasteiger charge is 2.18. The first-order chi connectivity index (χ1) is 14.2. The zero-order valence-electron chi connectivity index (χ0n) is 16.5. The molecule has 29 heavy (non-hydrogen) atoms. The number of aryl methyl sites for hydroxylation is 1. The molecule has 1 saturated heterocycles. The first kappa shape index (κ1) is 17.9. The van der Waals surface area contributed by atoms with Crippen molar-refractivity contribution in [2.75, 3.05) is 33.2 Å². The molecule has 0 unspecified atom stereocenters. The van der Waals surface area contributed by atoms with Gasteiger partial charge in [-0.2, -0.15) is 10.1 Å². The molecule has 5 rings (SSSR count). The molecule has 1 aliphatic rings. The van der Waals surface area contributed by atoms with Crippen molar-refractivity contribution >= 4 is 11.0 Å². The summed E-state index contributed by atoms with van der Waals surface area (Å²) in [5, 5.41) is 9.20. The lowest BCUT2D eigenvalue weighted by Gasteiger charge is -2.32. The minimum atomic E-state index is 0.366. The molecule has 9 heteroatoms. The predicted molar refractivity (Wildman–Crippen MR) is 108 cm³/mol. The van der Waals surface area contributed by atoms with Crippen LogP contribution in [0.15, 0.2) is 41.3 Å². The highest BCUT2D eigenvalue weighted by molar-refractivity contribution is 5.87. The summed E-state index contributed by atoms with van der Waals surface area (Å²) in [7, 11) is 4.01. The van der Waals surface area contributed by atoms with Crippen LogP contribution >= 0.6 is 0 Å². The summed E-state index contributed by atoms with van der Waals surface area (Å²) in [6, 6.07) is 8.32. The monoisotopic (exact) mass is 390 g/mol. The Morgan fingerprint density at radius 2 is 1.93 bits per heavy atom. The maximum atomic E-state index is 5.52. The fourth-order valence-corrected chi connectivity index (χ4v) is 3.64. The van der Waals surface area contributed by atoms with Crippen LogP contribution in [0, 0.1) is 0 Å². The van der Waals surface area contributed by atoms with Crippen LogP contribution in [0.1, 0.15) is 5.56 Å². The van der Waals surface area contributed by atoms with E-state index < -0.39 is 0 Å². The lowest BCUT2D eigenvalue weighted by molar-refractivity contribution is 0.148. The molecular weight excluding hydrogens is 368 g/mol. The molecule has 4 heterocycles. The van der Waals surface area contributed by atoms with Gasteiger partial charge in [0.15, 0.2) is 5.65 Å². The minimum Gasteiger partial charge on any atom is -0.332 e. The van der Waals surface area contributed by atoms with Gasteiger partial charge in [0.2, 0.25) is 5.82 Å². The van der Waals surface area contributed by atoms with Gasteiger partial charge < -0.3 is 9.42 Å². The zero-order valence-corrected chi connectivity index (χ0v) is 16.5. The third kappa shape index (κ3) is 3.50. The summed E-state index contributed by atoms with van der Waals surface area (Å²) in [4.78, 5) is 18.0. The molecule has 9 nitrogen and oxygen atoms in total. The molecule has 0 saturated carbocycles. The molecular formula is C20H22N8O. The molecule has 0 N–H and O–H groups in total. The Hall–Kier alpha value is -3.17. The second kappa shape index (κ2) is 7.34. The van der Waals surface area contributed by atoms with Crippen molar-refractivity contribution in [2.24, 2.45) is 7.05 Å². The van der Waals surface area contributed by atoms with E-state index in [1.165, 1.54) is 11.9 Å². The van der Waals surface area contributed by atoms with E-state index in [-0.39, 0.29) is 0 Å². The Balaban J connectivity index is 1.40. The molecule has 1 aliphatic heterocycles. The molecule has 1 aromatic carbocycles. The van der Waals surface area contributed by atoms with E-state index in [9.17, 15) is 0 Å². The van der Waals surface area contributed by atoms with Gasteiger partial charge in [0.05, 0.1) is 11.6 Å². The minimum absolute atomic E-state index is 0.366. The number of aromatic nitrogens is 6. The highest BCUT2D eigenvalue weighted by Crippen LogP contribution is 2.26. The van der Waals surface area contributed by atoms with Crippen molar-refractivity contribution in [3.63, 3.8) is 0 Å². The van der Waals surface area contributed by atoms with Crippen LogP contribution in [-0.2, 0) is 13.6 Å². The third-order valence-corrected chi connectivity index (χ3v) is 5.35. The van der Waals surface area contributed by atoms with E-state index in [4.69, 9.17) is 4.52 Å². The van der Waals surface area contributed by atoms with Crippen LogP contribution < -0.4 is 0 Å². The topological polar surface area (TPSA) is 89.0 Å². The molecule has 3 aromatic heterocycles. The second-order valence-electron chi connectivity index (χ2n) is 7.43. The largest absolute Gasteiger partial charge is 0.332 e. The number of rotatable bonds is 4. The van der Waals surface area contributed by atoms with Gasteiger partial charge in [-0.15, -0.1) is 0 Å². The number of piperazine rings is 1. The Bertz CT molecular complexity index is 1140. The van der Waals surface area contributed by atoms with E-state index >= 15 is 0 Å². The quantitative estimate of drug-likeness (QED) is 0.521. The molecule has 0 radical (unpaired) electrons. The molecule has 4 aromatic rings. The standard InChI is InChI=1S/C20H22N8O/c1-26-6-8-28(9-7-26)12-14-4-3-5-15(10-14)18-24-20(29-25-18)17-16-11-23-27(2)19(16)22-13-21-17/h3-5,10-11,13H,6-9,12H2,1-2H3. The Morgan fingerprint density at radius 3 is 2.79 bits per heavy atom. The fourth-order valence-electron chi connectivity index (χ4n) is 3.64. The van der Waals surface area contributed by atoms with Gasteiger partial charge >= 0.3 is 0 Å². The molecule has 0 atom stereocenters. The highest BCUT2D eigenvalue weighted by atomic mass is 16.5. The van der Waals surface area contributed by atoms with E-state index in [2.05, 4.69) is 54.2 Å². The smallest absolute Gasteiger partial charge is 0.277 e. The van der Waals surface area contributed by atoms with Crippen molar-refractivity contribution in [3.8, 4) is 23.0 Å². The SMILES string of the molecule is CN1CCN(Cc2cccc(-c3noc(-c4ncnc5c4cnn5C)n3)c2)CC1. The van der Waals surface area contributed by atoms with Crippen LogP contribution in [0.3, 0.4) is 0 Å². The van der Waals surface area contributed by atoms with Crippen LogP contribution in [0.5, 0.6) is 0 Å². The maximum absolute atomic E-state index is 5.52. The molecule has 0 amide bonds. The van der Waals surface area contributed by atoms with Gasteiger partial charge in [-0.25, -0.2) is 9.97 Å². The van der Waals surface area contributed by atoms with Gasteiger partial charge in [-0.05, 0) is 18.7 Å². The fraction of sp³-hybridized carbons (Fsp3) is 0.350. The summed E-state index contributed by atoms with van der Waals surface area (Å²) in [5.41, 5.74) is 3.50. The van der Waals surface area contributed by atoms with Gasteiger partial charge in [-0.1, -0.05) is 23.4 Å². The van der Waals surface area contributed by atoms with Crippen LogP contribution in [-0.4, -0.2) is 72.9 Å². The number of hydrogen-bond donors (Lipinski definition) is 0. The number of likely N-dealkylation sites (N-methyl/N-ethyl adjacent to an activating group) is 1. The number of benzene rings is 1. The summed E-state index contributed by atoms with van der Waals surface area (Å²) in [6.07, 6.45) is 3.20. The summed E-state index contributed by atoms with van der Waals surface area (Å²) in [6.45, 7) is 5.31. The average Bonchev–Trinajstić information content (AvgIpc) is 3.38. The van der Waals surface area contributed by atoms with Gasteiger partial charge in [0.25, 0.3) is 5.89 Å². The molecule has 1 fully saturated rings. The number of nitrogens with zero attached hydrogens (tertiary/aromatic N) is 8. The average molecular weight is 390 g/mol. The summed E-state index contributed by atoms with van der Waals surface area (Å²) >= 11 is 0. The molecule has 0 aliphatic carbocycles. The van der Waals surface area contributed by atoms with Crippen molar-refractivity contribution in [1.29, 1.82) is 0 Å². The van der Waals surface area contributed by atoms with Crippen LogP contribution in [0.4, 0.5) is 0 Å². The van der Waals surface area contributed by atoms with Crippen molar-refractivity contribution in [3.05, 3.63) is 42.4 Å². The summed E-state index contributed by atoms with van der Waals surface area (Å²) < 4.78 is 7.21. The number of hydrogen-bond acceptors (Lipinski definition) is 8. The van der Waals surface area contributed by atoms with Gasteiger partial charge in [0, 0.05) is 45.3 Å². The van der Waals surface area contributed by atoms with E-state index in [0.29, 0.717) is 17.4 Å². The maximum Gasteiger partial charge on any atom is 0.277 e. The van der Waals surface area contributed by atoms with E-state index in [1.807, 2.05) is 19.2 Å². The van der Waals surface area contributed by atoms with E-state index in [1.54, 1.807) is 10.9 Å². The van der Waals surface area contributed by atoms with Gasteiger partial charge in [-0.3, -0.25) is 9.58 Å². The van der Waals surface area contributed by atoms with Crippen molar-refractivity contribution < 1.29 is 4.52 Å². The Labute approximate surface area is 168 Å². The number of fused-ring (bicyclic) bond motifs is 1. The molecule has 0 spiro atoms. The van der Waals surface area contributed by atoms with E-state index in [0.717, 1.165) is 49.3 Å². The molecule has 148 valence electrons. The Kier molecular flexibility index (Phi) is 4.53. The Morgan fingerprint density at radius 1 is 1.07 bits per heavy atom.